The number of amides is 1. The van der Waals surface area contributed by atoms with Crippen LogP contribution in [0.4, 0.5) is 5.69 Å². The highest BCUT2D eigenvalue weighted by Crippen LogP contribution is 2.29. The van der Waals surface area contributed by atoms with Crippen molar-refractivity contribution in [3.05, 3.63) is 54.1 Å². The molecule has 0 aliphatic rings. The van der Waals surface area contributed by atoms with E-state index in [1.165, 1.54) is 4.90 Å². The van der Waals surface area contributed by atoms with Crippen molar-refractivity contribution in [3.63, 3.8) is 0 Å². The molecular formula is C19H21NO5. The number of hydrogen-bond donors (Lipinski definition) is 1. The van der Waals surface area contributed by atoms with E-state index in [0.717, 1.165) is 0 Å². The number of benzene rings is 2. The quantitative estimate of drug-likeness (QED) is 0.796. The topological polar surface area (TPSA) is 76.1 Å². The molecular weight excluding hydrogens is 322 g/mol. The molecule has 0 fully saturated rings. The summed E-state index contributed by atoms with van der Waals surface area (Å²) < 4.78 is 11.0. The molecule has 6 heteroatoms. The zero-order valence-corrected chi connectivity index (χ0v) is 14.3. The lowest BCUT2D eigenvalue weighted by molar-refractivity contribution is -0.135. The summed E-state index contributed by atoms with van der Waals surface area (Å²) in [7, 11) is 0. The fourth-order valence-electron chi connectivity index (χ4n) is 2.36. The van der Waals surface area contributed by atoms with E-state index in [9.17, 15) is 9.59 Å². The maximum absolute atomic E-state index is 12.9. The number of anilines is 1. The van der Waals surface area contributed by atoms with Gasteiger partial charge in [0.05, 0.1) is 13.2 Å². The first-order chi connectivity index (χ1) is 12.1. The van der Waals surface area contributed by atoms with E-state index >= 15 is 0 Å². The minimum atomic E-state index is -1.09. The average molecular weight is 343 g/mol. The van der Waals surface area contributed by atoms with E-state index in [1.807, 2.05) is 13.8 Å². The number of carbonyl (C=O) groups excluding carboxylic acids is 1. The standard InChI is InChI=1S/C19H21NO5/c1-3-24-16-11-10-14(12-17(16)25-4-2)19(23)20(13-18(21)22)15-8-6-5-7-9-15/h5-12H,3-4,13H2,1-2H3,(H,21,22). The molecule has 6 nitrogen and oxygen atoms in total. The van der Waals surface area contributed by atoms with E-state index in [0.29, 0.717) is 36.0 Å². The van der Waals surface area contributed by atoms with E-state index in [-0.39, 0.29) is 0 Å². The second-order valence-corrected chi connectivity index (χ2v) is 5.15. The van der Waals surface area contributed by atoms with Gasteiger partial charge in [0.1, 0.15) is 6.54 Å². The smallest absolute Gasteiger partial charge is 0.323 e. The van der Waals surface area contributed by atoms with Crippen molar-refractivity contribution in [1.29, 1.82) is 0 Å². The van der Waals surface area contributed by atoms with E-state index < -0.39 is 18.4 Å². The Morgan fingerprint density at radius 2 is 1.60 bits per heavy atom. The number of aliphatic carboxylic acids is 1. The zero-order chi connectivity index (χ0) is 18.2. The van der Waals surface area contributed by atoms with Crippen LogP contribution >= 0.6 is 0 Å². The molecule has 1 amide bonds. The first-order valence-electron chi connectivity index (χ1n) is 8.05. The summed E-state index contributed by atoms with van der Waals surface area (Å²) in [6, 6.07) is 13.5. The number of ether oxygens (including phenoxy) is 2. The molecule has 0 radical (unpaired) electrons. The minimum absolute atomic E-state index is 0.331. The second-order valence-electron chi connectivity index (χ2n) is 5.15. The van der Waals surface area contributed by atoms with Crippen molar-refractivity contribution in [2.24, 2.45) is 0 Å². The van der Waals surface area contributed by atoms with Gasteiger partial charge < -0.3 is 14.6 Å². The van der Waals surface area contributed by atoms with Crippen molar-refractivity contribution in [2.45, 2.75) is 13.8 Å². The summed E-state index contributed by atoms with van der Waals surface area (Å²) >= 11 is 0. The number of carbonyl (C=O) groups is 2. The van der Waals surface area contributed by atoms with Crippen LogP contribution in [0.25, 0.3) is 0 Å². The maximum Gasteiger partial charge on any atom is 0.323 e. The first kappa shape index (κ1) is 18.3. The highest BCUT2D eigenvalue weighted by molar-refractivity contribution is 6.08. The number of para-hydroxylation sites is 1. The number of hydrogen-bond acceptors (Lipinski definition) is 4. The molecule has 2 aromatic rings. The fourth-order valence-corrected chi connectivity index (χ4v) is 2.36. The van der Waals surface area contributed by atoms with Gasteiger partial charge in [-0.1, -0.05) is 18.2 Å². The number of nitrogens with zero attached hydrogens (tertiary/aromatic N) is 1. The lowest BCUT2D eigenvalue weighted by Crippen LogP contribution is -2.35. The molecule has 0 unspecified atom stereocenters. The summed E-state index contributed by atoms with van der Waals surface area (Å²) in [6.45, 7) is 4.17. The van der Waals surface area contributed by atoms with Crippen LogP contribution in [0.1, 0.15) is 24.2 Å². The normalized spacial score (nSPS) is 10.2. The summed E-state index contributed by atoms with van der Waals surface area (Å²) in [4.78, 5) is 25.3. The maximum atomic E-state index is 12.9. The van der Waals surface area contributed by atoms with Gasteiger partial charge >= 0.3 is 5.97 Å². The molecule has 0 aromatic heterocycles. The number of rotatable bonds is 8. The van der Waals surface area contributed by atoms with E-state index in [1.54, 1.807) is 48.5 Å². The van der Waals surface area contributed by atoms with E-state index in [4.69, 9.17) is 14.6 Å². The van der Waals surface area contributed by atoms with Crippen molar-refractivity contribution in [3.8, 4) is 11.5 Å². The predicted molar refractivity (Wildman–Crippen MR) is 94.5 cm³/mol. The molecule has 0 aliphatic heterocycles. The van der Waals surface area contributed by atoms with Crippen LogP contribution in [-0.2, 0) is 4.79 Å². The van der Waals surface area contributed by atoms with Gasteiger partial charge in [-0.2, -0.15) is 0 Å². The third-order valence-corrected chi connectivity index (χ3v) is 3.40. The molecule has 0 saturated heterocycles. The number of carboxylic acids is 1. The largest absolute Gasteiger partial charge is 0.490 e. The van der Waals surface area contributed by atoms with Crippen LogP contribution in [-0.4, -0.2) is 36.7 Å². The van der Waals surface area contributed by atoms with Crippen LogP contribution < -0.4 is 14.4 Å². The highest BCUT2D eigenvalue weighted by atomic mass is 16.5. The Morgan fingerprint density at radius 3 is 2.20 bits per heavy atom. The summed E-state index contributed by atoms with van der Waals surface area (Å²) in [5, 5.41) is 9.16. The Balaban J connectivity index is 2.38. The minimum Gasteiger partial charge on any atom is -0.490 e. The van der Waals surface area contributed by atoms with Crippen LogP contribution in [0.3, 0.4) is 0 Å². The van der Waals surface area contributed by atoms with Gasteiger partial charge in [-0.3, -0.25) is 14.5 Å². The van der Waals surface area contributed by atoms with Crippen LogP contribution in [0, 0.1) is 0 Å². The lowest BCUT2D eigenvalue weighted by atomic mass is 10.1. The summed E-state index contributed by atoms with van der Waals surface area (Å²) in [5.74, 6) is -0.505. The molecule has 0 saturated carbocycles. The van der Waals surface area contributed by atoms with Gasteiger partial charge in [-0.25, -0.2) is 0 Å². The average Bonchev–Trinajstić information content (AvgIpc) is 2.61. The SMILES string of the molecule is CCOc1ccc(C(=O)N(CC(=O)O)c2ccccc2)cc1OCC. The molecule has 0 aliphatic carbocycles. The first-order valence-corrected chi connectivity index (χ1v) is 8.05. The molecule has 0 heterocycles. The fraction of sp³-hybridized carbons (Fsp3) is 0.263. The summed E-state index contributed by atoms with van der Waals surface area (Å²) in [6.07, 6.45) is 0. The van der Waals surface area contributed by atoms with Crippen molar-refractivity contribution in [2.75, 3.05) is 24.7 Å². The molecule has 0 bridgehead atoms. The monoisotopic (exact) mass is 343 g/mol. The summed E-state index contributed by atoms with van der Waals surface area (Å²) in [5.41, 5.74) is 0.846. The van der Waals surface area contributed by atoms with Gasteiger partial charge in [-0.05, 0) is 44.2 Å². The van der Waals surface area contributed by atoms with Gasteiger partial charge in [0.15, 0.2) is 11.5 Å². The molecule has 2 aromatic carbocycles. The Labute approximate surface area is 146 Å². The van der Waals surface area contributed by atoms with Gasteiger partial charge in [0.25, 0.3) is 5.91 Å². The Hall–Kier alpha value is -3.02. The molecule has 132 valence electrons. The van der Waals surface area contributed by atoms with Gasteiger partial charge in [0, 0.05) is 11.3 Å². The van der Waals surface area contributed by atoms with Gasteiger partial charge in [-0.15, -0.1) is 0 Å². The van der Waals surface area contributed by atoms with Gasteiger partial charge in [0.2, 0.25) is 0 Å². The lowest BCUT2D eigenvalue weighted by Gasteiger charge is -2.21. The molecule has 25 heavy (non-hydrogen) atoms. The molecule has 1 N–H and O–H groups in total. The van der Waals surface area contributed by atoms with Crippen LogP contribution in [0.2, 0.25) is 0 Å². The third kappa shape index (κ3) is 4.73. The zero-order valence-electron chi connectivity index (χ0n) is 14.3. The van der Waals surface area contributed by atoms with E-state index in [2.05, 4.69) is 0 Å². The molecule has 2 rings (SSSR count). The Bertz CT molecular complexity index is 730. The van der Waals surface area contributed by atoms with Crippen molar-refractivity contribution >= 4 is 17.6 Å². The highest BCUT2D eigenvalue weighted by Gasteiger charge is 2.21. The molecule has 0 atom stereocenters. The van der Waals surface area contributed by atoms with Crippen LogP contribution in [0.5, 0.6) is 11.5 Å². The molecule has 0 spiro atoms. The Kier molecular flexibility index (Phi) is 6.39. The Morgan fingerprint density at radius 1 is 0.960 bits per heavy atom. The second kappa shape index (κ2) is 8.73. The number of carboxylic acid groups (broad SMARTS) is 1. The van der Waals surface area contributed by atoms with Crippen molar-refractivity contribution in [1.82, 2.24) is 0 Å². The third-order valence-electron chi connectivity index (χ3n) is 3.40. The van der Waals surface area contributed by atoms with Crippen LogP contribution in [0.15, 0.2) is 48.5 Å². The van der Waals surface area contributed by atoms with Crippen molar-refractivity contribution < 1.29 is 24.2 Å². The predicted octanol–water partition coefficient (Wildman–Crippen LogP) is 3.22.